The zero-order valence-corrected chi connectivity index (χ0v) is 14.7. The summed E-state index contributed by atoms with van der Waals surface area (Å²) in [6, 6.07) is 12.6. The van der Waals surface area contributed by atoms with E-state index < -0.39 is 11.9 Å². The SMILES string of the molecule is NC(=O)Cc1ccc(N[C@H]2CC(=O)N(CCc3ccccc3F)C2=O)cc1. The van der Waals surface area contributed by atoms with Gasteiger partial charge in [-0.3, -0.25) is 19.3 Å². The molecule has 2 aromatic rings. The molecule has 1 fully saturated rings. The van der Waals surface area contributed by atoms with Gasteiger partial charge in [-0.25, -0.2) is 4.39 Å². The van der Waals surface area contributed by atoms with Gasteiger partial charge in [0.15, 0.2) is 0 Å². The van der Waals surface area contributed by atoms with E-state index in [-0.39, 0.29) is 43.4 Å². The highest BCUT2D eigenvalue weighted by Gasteiger charge is 2.38. The number of nitrogens with two attached hydrogens (primary N) is 1. The van der Waals surface area contributed by atoms with Gasteiger partial charge in [0.1, 0.15) is 11.9 Å². The molecule has 6 nitrogen and oxygen atoms in total. The van der Waals surface area contributed by atoms with E-state index in [1.54, 1.807) is 42.5 Å². The Morgan fingerprint density at radius 2 is 1.85 bits per heavy atom. The Morgan fingerprint density at radius 1 is 1.15 bits per heavy atom. The van der Waals surface area contributed by atoms with Gasteiger partial charge in [0, 0.05) is 12.2 Å². The fourth-order valence-corrected chi connectivity index (χ4v) is 3.09. The van der Waals surface area contributed by atoms with Gasteiger partial charge in [0.25, 0.3) is 5.91 Å². The molecule has 0 aromatic heterocycles. The van der Waals surface area contributed by atoms with Crippen molar-refractivity contribution < 1.29 is 18.8 Å². The van der Waals surface area contributed by atoms with E-state index in [1.807, 2.05) is 0 Å². The molecule has 140 valence electrons. The van der Waals surface area contributed by atoms with Crippen molar-refractivity contribution in [2.75, 3.05) is 11.9 Å². The molecule has 0 aliphatic carbocycles. The number of hydrogen-bond donors (Lipinski definition) is 2. The van der Waals surface area contributed by atoms with Gasteiger partial charge in [0.05, 0.1) is 12.8 Å². The molecule has 0 radical (unpaired) electrons. The summed E-state index contributed by atoms with van der Waals surface area (Å²) in [4.78, 5) is 36.8. The average Bonchev–Trinajstić information content (AvgIpc) is 2.89. The highest BCUT2D eigenvalue weighted by molar-refractivity contribution is 6.06. The molecule has 2 aromatic carbocycles. The van der Waals surface area contributed by atoms with Gasteiger partial charge in [-0.05, 0) is 35.7 Å². The number of carbonyl (C=O) groups is 3. The van der Waals surface area contributed by atoms with Crippen LogP contribution in [-0.4, -0.2) is 35.2 Å². The van der Waals surface area contributed by atoms with Crippen LogP contribution in [0.1, 0.15) is 17.5 Å². The van der Waals surface area contributed by atoms with Crippen molar-refractivity contribution in [1.82, 2.24) is 4.90 Å². The lowest BCUT2D eigenvalue weighted by atomic mass is 10.1. The van der Waals surface area contributed by atoms with Gasteiger partial charge < -0.3 is 11.1 Å². The van der Waals surface area contributed by atoms with Crippen molar-refractivity contribution >= 4 is 23.4 Å². The predicted molar refractivity (Wildman–Crippen MR) is 98.2 cm³/mol. The van der Waals surface area contributed by atoms with E-state index >= 15 is 0 Å². The largest absolute Gasteiger partial charge is 0.373 e. The highest BCUT2D eigenvalue weighted by Crippen LogP contribution is 2.20. The van der Waals surface area contributed by atoms with Crippen LogP contribution in [0.4, 0.5) is 10.1 Å². The van der Waals surface area contributed by atoms with Gasteiger partial charge in [0.2, 0.25) is 11.8 Å². The number of hydrogen-bond acceptors (Lipinski definition) is 4. The maximum atomic E-state index is 13.7. The molecule has 0 unspecified atom stereocenters. The Morgan fingerprint density at radius 3 is 2.52 bits per heavy atom. The van der Waals surface area contributed by atoms with Crippen LogP contribution in [0, 0.1) is 5.82 Å². The Balaban J connectivity index is 1.60. The minimum atomic E-state index is -0.653. The van der Waals surface area contributed by atoms with E-state index in [2.05, 4.69) is 5.32 Å². The molecule has 27 heavy (non-hydrogen) atoms. The van der Waals surface area contributed by atoms with Crippen molar-refractivity contribution in [2.45, 2.75) is 25.3 Å². The van der Waals surface area contributed by atoms with Crippen molar-refractivity contribution in [3.8, 4) is 0 Å². The van der Waals surface area contributed by atoms with E-state index in [0.717, 1.165) is 5.56 Å². The molecule has 3 amide bonds. The summed E-state index contributed by atoms with van der Waals surface area (Å²) in [7, 11) is 0. The molecule has 0 spiro atoms. The second-order valence-corrected chi connectivity index (χ2v) is 6.47. The number of primary amides is 1. The maximum Gasteiger partial charge on any atom is 0.252 e. The molecule has 1 atom stereocenters. The summed E-state index contributed by atoms with van der Waals surface area (Å²) in [5, 5.41) is 3.04. The second-order valence-electron chi connectivity index (χ2n) is 6.47. The Labute approximate surface area is 156 Å². The molecule has 1 heterocycles. The van der Waals surface area contributed by atoms with Gasteiger partial charge in [-0.1, -0.05) is 30.3 Å². The predicted octanol–water partition coefficient (Wildman–Crippen LogP) is 1.64. The Kier molecular flexibility index (Phi) is 5.49. The number of benzene rings is 2. The molecule has 0 bridgehead atoms. The lowest BCUT2D eigenvalue weighted by molar-refractivity contribution is -0.138. The summed E-state index contributed by atoms with van der Waals surface area (Å²) >= 11 is 0. The summed E-state index contributed by atoms with van der Waals surface area (Å²) in [5.74, 6) is -1.36. The first-order chi connectivity index (χ1) is 12.9. The number of imide groups is 1. The maximum absolute atomic E-state index is 13.7. The first kappa shape index (κ1) is 18.6. The number of carbonyl (C=O) groups excluding carboxylic acids is 3. The molecule has 1 aliphatic rings. The number of likely N-dealkylation sites (tertiary alicyclic amines) is 1. The zero-order valence-electron chi connectivity index (χ0n) is 14.7. The Hall–Kier alpha value is -3.22. The molecule has 1 saturated heterocycles. The molecule has 3 rings (SSSR count). The second kappa shape index (κ2) is 7.99. The van der Waals surface area contributed by atoms with Crippen molar-refractivity contribution in [3.63, 3.8) is 0 Å². The quantitative estimate of drug-likeness (QED) is 0.726. The number of nitrogens with one attached hydrogen (secondary N) is 1. The number of rotatable bonds is 7. The van der Waals surface area contributed by atoms with Crippen LogP contribution in [-0.2, 0) is 27.2 Å². The standard InChI is InChI=1S/C20H20FN3O3/c21-16-4-2-1-3-14(16)9-10-24-19(26)12-17(20(24)27)23-15-7-5-13(6-8-15)11-18(22)25/h1-8,17,23H,9-12H2,(H2,22,25)/t17-/m0/s1. The summed E-state index contributed by atoms with van der Waals surface area (Å²) in [5.41, 5.74) is 7.07. The lowest BCUT2D eigenvalue weighted by Crippen LogP contribution is -2.36. The minimum Gasteiger partial charge on any atom is -0.373 e. The number of nitrogens with zero attached hydrogens (tertiary/aromatic N) is 1. The molecule has 1 aliphatic heterocycles. The number of halogens is 1. The van der Waals surface area contributed by atoms with Crippen LogP contribution in [0.3, 0.4) is 0 Å². The molecule has 3 N–H and O–H groups in total. The average molecular weight is 369 g/mol. The summed E-state index contributed by atoms with van der Waals surface area (Å²) < 4.78 is 13.7. The zero-order chi connectivity index (χ0) is 19.4. The first-order valence-electron chi connectivity index (χ1n) is 8.65. The topological polar surface area (TPSA) is 92.5 Å². The van der Waals surface area contributed by atoms with Crippen LogP contribution < -0.4 is 11.1 Å². The van der Waals surface area contributed by atoms with E-state index in [4.69, 9.17) is 5.73 Å². The number of anilines is 1. The summed E-state index contributed by atoms with van der Waals surface area (Å²) in [6.45, 7) is 0.147. The third-order valence-corrected chi connectivity index (χ3v) is 4.48. The Bertz CT molecular complexity index is 867. The van der Waals surface area contributed by atoms with Crippen molar-refractivity contribution in [3.05, 3.63) is 65.5 Å². The van der Waals surface area contributed by atoms with E-state index in [9.17, 15) is 18.8 Å². The van der Waals surface area contributed by atoms with Crippen molar-refractivity contribution in [2.24, 2.45) is 5.73 Å². The summed E-state index contributed by atoms with van der Waals surface area (Å²) in [6.07, 6.45) is 0.475. The third-order valence-electron chi connectivity index (χ3n) is 4.48. The number of amides is 3. The van der Waals surface area contributed by atoms with Crippen LogP contribution in [0.25, 0.3) is 0 Å². The highest BCUT2D eigenvalue weighted by atomic mass is 19.1. The third kappa shape index (κ3) is 4.49. The van der Waals surface area contributed by atoms with Crippen LogP contribution in [0.5, 0.6) is 0 Å². The minimum absolute atomic E-state index is 0.0547. The fraction of sp³-hybridized carbons (Fsp3) is 0.250. The lowest BCUT2D eigenvalue weighted by Gasteiger charge is -2.16. The van der Waals surface area contributed by atoms with E-state index in [0.29, 0.717) is 11.3 Å². The van der Waals surface area contributed by atoms with E-state index in [1.165, 1.54) is 11.0 Å². The normalized spacial score (nSPS) is 16.6. The van der Waals surface area contributed by atoms with Crippen LogP contribution >= 0.6 is 0 Å². The fourth-order valence-electron chi connectivity index (χ4n) is 3.09. The monoisotopic (exact) mass is 369 g/mol. The molecule has 7 heteroatoms. The van der Waals surface area contributed by atoms with Gasteiger partial charge in [-0.15, -0.1) is 0 Å². The van der Waals surface area contributed by atoms with Crippen molar-refractivity contribution in [1.29, 1.82) is 0 Å². The van der Waals surface area contributed by atoms with Gasteiger partial charge in [-0.2, -0.15) is 0 Å². The first-order valence-corrected chi connectivity index (χ1v) is 8.65. The van der Waals surface area contributed by atoms with Crippen LogP contribution in [0.2, 0.25) is 0 Å². The smallest absolute Gasteiger partial charge is 0.252 e. The van der Waals surface area contributed by atoms with Gasteiger partial charge >= 0.3 is 0 Å². The molecule has 0 saturated carbocycles. The molecular formula is C20H20FN3O3. The molecular weight excluding hydrogens is 349 g/mol. The van der Waals surface area contributed by atoms with Crippen LogP contribution in [0.15, 0.2) is 48.5 Å².